The molecule has 0 aromatic carbocycles. The molecule has 0 saturated carbocycles. The molecule has 1 N–H and O–H groups in total. The SMILES string of the molecule is CSCc1ccc(CNC2CCC(=O)N(C)C2=O)o1. The Morgan fingerprint density at radius 2 is 2.16 bits per heavy atom. The number of rotatable bonds is 5. The maximum atomic E-state index is 11.9. The number of likely N-dealkylation sites (tertiary alicyclic amines) is 1. The second-order valence-electron chi connectivity index (χ2n) is 4.56. The van der Waals surface area contributed by atoms with Gasteiger partial charge in [0, 0.05) is 13.5 Å². The monoisotopic (exact) mass is 282 g/mol. The van der Waals surface area contributed by atoms with Gasteiger partial charge in [0.15, 0.2) is 0 Å². The Kier molecular flexibility index (Phi) is 4.66. The molecule has 1 aliphatic rings. The van der Waals surface area contributed by atoms with Crippen molar-refractivity contribution in [3.05, 3.63) is 23.7 Å². The summed E-state index contributed by atoms with van der Waals surface area (Å²) in [5.74, 6) is 2.33. The number of imide groups is 1. The predicted octanol–water partition coefficient (Wildman–Crippen LogP) is 1.38. The lowest BCUT2D eigenvalue weighted by Gasteiger charge is -2.28. The first-order chi connectivity index (χ1) is 9.11. The smallest absolute Gasteiger partial charge is 0.246 e. The second kappa shape index (κ2) is 6.25. The molecule has 2 amide bonds. The van der Waals surface area contributed by atoms with Crippen molar-refractivity contribution in [3.63, 3.8) is 0 Å². The van der Waals surface area contributed by atoms with Crippen LogP contribution in [0.25, 0.3) is 0 Å². The van der Waals surface area contributed by atoms with Gasteiger partial charge < -0.3 is 4.42 Å². The normalized spacial score (nSPS) is 20.1. The number of piperidine rings is 1. The number of carbonyl (C=O) groups excluding carboxylic acids is 2. The first-order valence-electron chi connectivity index (χ1n) is 6.22. The van der Waals surface area contributed by atoms with Crippen LogP contribution in [-0.4, -0.2) is 36.1 Å². The van der Waals surface area contributed by atoms with Gasteiger partial charge in [-0.2, -0.15) is 11.8 Å². The summed E-state index contributed by atoms with van der Waals surface area (Å²) >= 11 is 1.70. The molecule has 1 aromatic rings. The highest BCUT2D eigenvalue weighted by Crippen LogP contribution is 2.15. The van der Waals surface area contributed by atoms with Crippen LogP contribution in [0, 0.1) is 0 Å². The van der Waals surface area contributed by atoms with Gasteiger partial charge in [0.25, 0.3) is 0 Å². The van der Waals surface area contributed by atoms with Gasteiger partial charge >= 0.3 is 0 Å². The van der Waals surface area contributed by atoms with Crippen LogP contribution in [0.4, 0.5) is 0 Å². The minimum Gasteiger partial charge on any atom is -0.464 e. The average Bonchev–Trinajstić information content (AvgIpc) is 2.83. The first kappa shape index (κ1) is 14.1. The summed E-state index contributed by atoms with van der Waals surface area (Å²) in [4.78, 5) is 24.4. The molecule has 0 radical (unpaired) electrons. The molecule has 1 saturated heterocycles. The summed E-state index contributed by atoms with van der Waals surface area (Å²) in [7, 11) is 1.53. The molecule has 1 aromatic heterocycles. The molecule has 19 heavy (non-hydrogen) atoms. The molecule has 5 nitrogen and oxygen atoms in total. The first-order valence-corrected chi connectivity index (χ1v) is 7.61. The lowest BCUT2D eigenvalue weighted by atomic mass is 10.0. The van der Waals surface area contributed by atoms with E-state index in [4.69, 9.17) is 4.42 Å². The van der Waals surface area contributed by atoms with Crippen LogP contribution >= 0.6 is 11.8 Å². The number of furan rings is 1. The van der Waals surface area contributed by atoms with Crippen LogP contribution in [0.2, 0.25) is 0 Å². The third kappa shape index (κ3) is 3.39. The molecule has 104 valence electrons. The molecule has 1 fully saturated rings. The standard InChI is InChI=1S/C13H18N2O3S/c1-15-12(16)6-5-11(13(15)17)14-7-9-3-4-10(18-9)8-19-2/h3-4,11,14H,5-8H2,1-2H3. The molecule has 0 aliphatic carbocycles. The second-order valence-corrected chi connectivity index (χ2v) is 5.43. The molecule has 6 heteroatoms. The van der Waals surface area contributed by atoms with E-state index in [0.717, 1.165) is 17.3 Å². The molecule has 0 bridgehead atoms. The topological polar surface area (TPSA) is 62.6 Å². The van der Waals surface area contributed by atoms with E-state index in [1.54, 1.807) is 11.8 Å². The van der Waals surface area contributed by atoms with Gasteiger partial charge in [-0.25, -0.2) is 0 Å². The summed E-state index contributed by atoms with van der Waals surface area (Å²) < 4.78 is 5.62. The van der Waals surface area contributed by atoms with Crippen LogP contribution in [0.5, 0.6) is 0 Å². The van der Waals surface area contributed by atoms with Crippen LogP contribution in [0.3, 0.4) is 0 Å². The van der Waals surface area contributed by atoms with Crippen LogP contribution in [0.15, 0.2) is 16.5 Å². The van der Waals surface area contributed by atoms with E-state index in [-0.39, 0.29) is 17.9 Å². The Balaban J connectivity index is 1.87. The van der Waals surface area contributed by atoms with Crippen molar-refractivity contribution < 1.29 is 14.0 Å². The van der Waals surface area contributed by atoms with Gasteiger partial charge in [0.2, 0.25) is 11.8 Å². The van der Waals surface area contributed by atoms with E-state index in [2.05, 4.69) is 5.32 Å². The van der Waals surface area contributed by atoms with Gasteiger partial charge in [0.05, 0.1) is 18.3 Å². The molecule has 2 heterocycles. The van der Waals surface area contributed by atoms with Gasteiger partial charge in [-0.05, 0) is 24.8 Å². The Bertz CT molecular complexity index is 472. The number of nitrogens with one attached hydrogen (secondary N) is 1. The van der Waals surface area contributed by atoms with E-state index in [0.29, 0.717) is 19.4 Å². The lowest BCUT2D eigenvalue weighted by Crippen LogP contribution is -2.51. The van der Waals surface area contributed by atoms with Crippen LogP contribution < -0.4 is 5.32 Å². The minimum atomic E-state index is -0.295. The highest BCUT2D eigenvalue weighted by Gasteiger charge is 2.31. The van der Waals surface area contributed by atoms with Gasteiger partial charge in [-0.1, -0.05) is 0 Å². The molecule has 0 spiro atoms. The van der Waals surface area contributed by atoms with Crippen molar-refractivity contribution in [3.8, 4) is 0 Å². The Labute approximate surface area is 116 Å². The van der Waals surface area contributed by atoms with E-state index < -0.39 is 0 Å². The largest absolute Gasteiger partial charge is 0.464 e. The number of carbonyl (C=O) groups is 2. The highest BCUT2D eigenvalue weighted by atomic mass is 32.2. The van der Waals surface area contributed by atoms with E-state index in [9.17, 15) is 9.59 Å². The molecular formula is C13H18N2O3S. The van der Waals surface area contributed by atoms with Gasteiger partial charge in [-0.3, -0.25) is 19.8 Å². The maximum Gasteiger partial charge on any atom is 0.246 e. The van der Waals surface area contributed by atoms with Crippen molar-refractivity contribution in [2.24, 2.45) is 0 Å². The Morgan fingerprint density at radius 1 is 1.42 bits per heavy atom. The van der Waals surface area contributed by atoms with Gasteiger partial charge in [-0.15, -0.1) is 0 Å². The molecule has 1 aliphatic heterocycles. The van der Waals surface area contributed by atoms with Gasteiger partial charge in [0.1, 0.15) is 11.5 Å². The molecule has 2 rings (SSSR count). The molecular weight excluding hydrogens is 264 g/mol. The fraction of sp³-hybridized carbons (Fsp3) is 0.538. The fourth-order valence-electron chi connectivity index (χ4n) is 2.07. The highest BCUT2D eigenvalue weighted by molar-refractivity contribution is 7.97. The summed E-state index contributed by atoms with van der Waals surface area (Å²) in [6, 6.07) is 3.57. The van der Waals surface area contributed by atoms with Crippen molar-refractivity contribution in [1.82, 2.24) is 10.2 Å². The van der Waals surface area contributed by atoms with E-state index in [1.807, 2.05) is 18.4 Å². The number of hydrogen-bond donors (Lipinski definition) is 1. The summed E-state index contributed by atoms with van der Waals surface area (Å²) in [5, 5.41) is 3.15. The maximum absolute atomic E-state index is 11.9. The summed E-state index contributed by atoms with van der Waals surface area (Å²) in [5.41, 5.74) is 0. The van der Waals surface area contributed by atoms with Crippen molar-refractivity contribution in [2.45, 2.75) is 31.2 Å². The van der Waals surface area contributed by atoms with Crippen LogP contribution in [-0.2, 0) is 21.9 Å². The van der Waals surface area contributed by atoms with Crippen molar-refractivity contribution in [1.29, 1.82) is 0 Å². The number of likely N-dealkylation sites (N-methyl/N-ethyl adjacent to an activating group) is 1. The summed E-state index contributed by atoms with van der Waals surface area (Å²) in [6.07, 6.45) is 2.99. The molecule has 1 unspecified atom stereocenters. The Hall–Kier alpha value is -1.27. The number of nitrogens with zero attached hydrogens (tertiary/aromatic N) is 1. The third-order valence-corrected chi connectivity index (χ3v) is 3.75. The Morgan fingerprint density at radius 3 is 2.89 bits per heavy atom. The molecule has 1 atom stereocenters. The summed E-state index contributed by atoms with van der Waals surface area (Å²) in [6.45, 7) is 0.507. The van der Waals surface area contributed by atoms with E-state index in [1.165, 1.54) is 11.9 Å². The number of amides is 2. The number of thioether (sulfide) groups is 1. The van der Waals surface area contributed by atoms with Crippen LogP contribution in [0.1, 0.15) is 24.4 Å². The lowest BCUT2D eigenvalue weighted by molar-refractivity contribution is -0.148. The van der Waals surface area contributed by atoms with Crippen molar-refractivity contribution in [2.75, 3.05) is 13.3 Å². The van der Waals surface area contributed by atoms with Crippen molar-refractivity contribution >= 4 is 23.6 Å². The fourth-order valence-corrected chi connectivity index (χ4v) is 2.51. The third-order valence-electron chi connectivity index (χ3n) is 3.18. The predicted molar refractivity (Wildman–Crippen MR) is 73.6 cm³/mol. The minimum absolute atomic E-state index is 0.108. The zero-order valence-electron chi connectivity index (χ0n) is 11.1. The zero-order chi connectivity index (χ0) is 13.8. The quantitative estimate of drug-likeness (QED) is 0.827. The number of hydrogen-bond acceptors (Lipinski definition) is 5. The zero-order valence-corrected chi connectivity index (χ0v) is 12.0. The van der Waals surface area contributed by atoms with E-state index >= 15 is 0 Å². The average molecular weight is 282 g/mol.